The summed E-state index contributed by atoms with van der Waals surface area (Å²) in [5.74, 6) is 0.241. The highest BCUT2D eigenvalue weighted by Gasteiger charge is 2.23. The molecule has 0 spiro atoms. The van der Waals surface area contributed by atoms with Crippen LogP contribution in [0.1, 0.15) is 46.4 Å². The quantitative estimate of drug-likeness (QED) is 0.852. The molecule has 1 atom stereocenters. The Morgan fingerprint density at radius 1 is 1.47 bits per heavy atom. The van der Waals surface area contributed by atoms with Gasteiger partial charge < -0.3 is 10.1 Å². The fourth-order valence-corrected chi connectivity index (χ4v) is 1.46. The van der Waals surface area contributed by atoms with Gasteiger partial charge in [-0.05, 0) is 32.8 Å². The summed E-state index contributed by atoms with van der Waals surface area (Å²) in [6, 6.07) is 1.71. The van der Waals surface area contributed by atoms with E-state index in [4.69, 9.17) is 4.74 Å². The largest absolute Gasteiger partial charge is 0.444 e. The lowest BCUT2D eigenvalue weighted by Crippen LogP contribution is -2.37. The molecule has 17 heavy (non-hydrogen) atoms. The maximum absolute atomic E-state index is 11.7. The number of rotatable bonds is 3. The number of carbonyl (C=O) groups is 1. The SMILES string of the molecule is CC(C)[C@@H](NC(=O)OC(C)(C)C)c1cc[nH]n1. The minimum Gasteiger partial charge on any atom is -0.444 e. The topological polar surface area (TPSA) is 67.0 Å². The molecule has 0 radical (unpaired) electrons. The molecule has 5 nitrogen and oxygen atoms in total. The van der Waals surface area contributed by atoms with Crippen LogP contribution < -0.4 is 5.32 Å². The average Bonchev–Trinajstić information content (AvgIpc) is 2.63. The van der Waals surface area contributed by atoms with E-state index in [-0.39, 0.29) is 12.0 Å². The lowest BCUT2D eigenvalue weighted by atomic mass is 10.0. The molecule has 1 amide bonds. The highest BCUT2D eigenvalue weighted by molar-refractivity contribution is 5.68. The Morgan fingerprint density at radius 2 is 2.12 bits per heavy atom. The smallest absolute Gasteiger partial charge is 0.408 e. The number of aromatic amines is 1. The lowest BCUT2D eigenvalue weighted by molar-refractivity contribution is 0.0488. The van der Waals surface area contributed by atoms with Gasteiger partial charge in [0.1, 0.15) is 5.60 Å². The van der Waals surface area contributed by atoms with Gasteiger partial charge in [0.15, 0.2) is 0 Å². The molecule has 0 unspecified atom stereocenters. The maximum atomic E-state index is 11.7. The Hall–Kier alpha value is -1.52. The van der Waals surface area contributed by atoms with Crippen molar-refractivity contribution in [1.82, 2.24) is 15.5 Å². The first kappa shape index (κ1) is 13.5. The fraction of sp³-hybridized carbons (Fsp3) is 0.667. The van der Waals surface area contributed by atoms with Crippen LogP contribution in [0, 0.1) is 5.92 Å². The number of amides is 1. The van der Waals surface area contributed by atoms with Crippen molar-refractivity contribution in [3.8, 4) is 0 Å². The third-order valence-electron chi connectivity index (χ3n) is 2.18. The van der Waals surface area contributed by atoms with E-state index in [1.54, 1.807) is 6.20 Å². The van der Waals surface area contributed by atoms with Gasteiger partial charge in [-0.1, -0.05) is 13.8 Å². The van der Waals surface area contributed by atoms with Crippen LogP contribution >= 0.6 is 0 Å². The Bertz CT molecular complexity index is 352. The van der Waals surface area contributed by atoms with E-state index in [9.17, 15) is 4.79 Å². The van der Waals surface area contributed by atoms with Gasteiger partial charge in [-0.2, -0.15) is 5.10 Å². The van der Waals surface area contributed by atoms with Gasteiger partial charge >= 0.3 is 6.09 Å². The number of aromatic nitrogens is 2. The summed E-state index contributed by atoms with van der Waals surface area (Å²) in [6.07, 6.45) is 1.32. The highest BCUT2D eigenvalue weighted by atomic mass is 16.6. The number of H-pyrrole nitrogens is 1. The first-order valence-corrected chi connectivity index (χ1v) is 5.79. The van der Waals surface area contributed by atoms with E-state index in [0.717, 1.165) is 5.69 Å². The van der Waals surface area contributed by atoms with Gasteiger partial charge in [-0.25, -0.2) is 4.79 Å². The molecule has 0 aliphatic carbocycles. The van der Waals surface area contributed by atoms with Crippen molar-refractivity contribution in [1.29, 1.82) is 0 Å². The van der Waals surface area contributed by atoms with Gasteiger partial charge in [0.25, 0.3) is 0 Å². The van der Waals surface area contributed by atoms with Crippen LogP contribution in [0.3, 0.4) is 0 Å². The summed E-state index contributed by atoms with van der Waals surface area (Å²) in [7, 11) is 0. The summed E-state index contributed by atoms with van der Waals surface area (Å²) in [5.41, 5.74) is 0.322. The van der Waals surface area contributed by atoms with Gasteiger partial charge in [0.05, 0.1) is 11.7 Å². The van der Waals surface area contributed by atoms with Crippen molar-refractivity contribution >= 4 is 6.09 Å². The van der Waals surface area contributed by atoms with Crippen LogP contribution in [0.25, 0.3) is 0 Å². The van der Waals surface area contributed by atoms with Gasteiger partial charge in [0, 0.05) is 6.20 Å². The summed E-state index contributed by atoms with van der Waals surface area (Å²) >= 11 is 0. The summed E-state index contributed by atoms with van der Waals surface area (Å²) in [4.78, 5) is 11.7. The zero-order valence-corrected chi connectivity index (χ0v) is 11.1. The molecule has 0 fully saturated rings. The first-order chi connectivity index (χ1) is 7.79. The number of hydrogen-bond acceptors (Lipinski definition) is 3. The van der Waals surface area contributed by atoms with Crippen molar-refractivity contribution in [2.75, 3.05) is 0 Å². The molecule has 1 rings (SSSR count). The van der Waals surface area contributed by atoms with E-state index in [0.29, 0.717) is 0 Å². The minimum absolute atomic E-state index is 0.143. The first-order valence-electron chi connectivity index (χ1n) is 5.79. The highest BCUT2D eigenvalue weighted by Crippen LogP contribution is 2.20. The molecule has 5 heteroatoms. The fourth-order valence-electron chi connectivity index (χ4n) is 1.46. The predicted molar refractivity (Wildman–Crippen MR) is 65.5 cm³/mol. The standard InChI is InChI=1S/C12H21N3O2/c1-8(2)10(9-6-7-13-15-9)14-11(16)17-12(3,4)5/h6-8,10H,1-5H3,(H,13,15)(H,14,16)/t10-/m1/s1. The molecule has 0 aliphatic heterocycles. The molecule has 0 saturated carbocycles. The second kappa shape index (κ2) is 5.21. The van der Waals surface area contributed by atoms with Crippen molar-refractivity contribution in [3.63, 3.8) is 0 Å². The third kappa shape index (κ3) is 4.46. The Balaban J connectivity index is 2.66. The van der Waals surface area contributed by atoms with Crippen LogP contribution in [-0.2, 0) is 4.74 Å². The van der Waals surface area contributed by atoms with Crippen LogP contribution in [0.15, 0.2) is 12.3 Å². The molecule has 1 aromatic rings. The molecule has 0 bridgehead atoms. The lowest BCUT2D eigenvalue weighted by Gasteiger charge is -2.24. The number of carbonyl (C=O) groups excluding carboxylic acids is 1. The van der Waals surface area contributed by atoms with E-state index in [1.807, 2.05) is 40.7 Å². The van der Waals surface area contributed by atoms with Gasteiger partial charge in [0.2, 0.25) is 0 Å². The van der Waals surface area contributed by atoms with E-state index < -0.39 is 11.7 Å². The molecular weight excluding hydrogens is 218 g/mol. The maximum Gasteiger partial charge on any atom is 0.408 e. The zero-order valence-electron chi connectivity index (χ0n) is 11.1. The molecular formula is C12H21N3O2. The van der Waals surface area contributed by atoms with Crippen LogP contribution in [-0.4, -0.2) is 21.9 Å². The molecule has 1 heterocycles. The second-order valence-electron chi connectivity index (χ2n) is 5.37. The van der Waals surface area contributed by atoms with Crippen LogP contribution in [0.2, 0.25) is 0 Å². The zero-order chi connectivity index (χ0) is 13.1. The molecule has 0 aromatic carbocycles. The van der Waals surface area contributed by atoms with Crippen molar-refractivity contribution in [2.24, 2.45) is 5.92 Å². The van der Waals surface area contributed by atoms with Crippen LogP contribution in [0.4, 0.5) is 4.79 Å². The van der Waals surface area contributed by atoms with Crippen molar-refractivity contribution in [3.05, 3.63) is 18.0 Å². The minimum atomic E-state index is -0.489. The Morgan fingerprint density at radius 3 is 2.53 bits per heavy atom. The predicted octanol–water partition coefficient (Wildman–Crippen LogP) is 2.63. The number of nitrogens with zero attached hydrogens (tertiary/aromatic N) is 1. The van der Waals surface area contributed by atoms with Gasteiger partial charge in [-0.15, -0.1) is 0 Å². The monoisotopic (exact) mass is 239 g/mol. The summed E-state index contributed by atoms with van der Waals surface area (Å²) < 4.78 is 5.23. The number of ether oxygens (including phenoxy) is 1. The third-order valence-corrected chi connectivity index (χ3v) is 2.18. The Kier molecular flexibility index (Phi) is 4.15. The normalized spacial score (nSPS) is 13.5. The molecule has 96 valence electrons. The molecule has 0 aliphatic rings. The average molecular weight is 239 g/mol. The van der Waals surface area contributed by atoms with E-state index in [2.05, 4.69) is 15.5 Å². The molecule has 1 aromatic heterocycles. The van der Waals surface area contributed by atoms with Crippen molar-refractivity contribution in [2.45, 2.75) is 46.3 Å². The summed E-state index contributed by atoms with van der Waals surface area (Å²) in [6.45, 7) is 9.57. The number of nitrogens with one attached hydrogen (secondary N) is 2. The Labute approximate surface area is 102 Å². The number of alkyl carbamates (subject to hydrolysis) is 1. The van der Waals surface area contributed by atoms with E-state index in [1.165, 1.54) is 0 Å². The molecule has 0 saturated heterocycles. The van der Waals surface area contributed by atoms with Crippen LogP contribution in [0.5, 0.6) is 0 Å². The summed E-state index contributed by atoms with van der Waals surface area (Å²) in [5, 5.41) is 9.67. The molecule has 2 N–H and O–H groups in total. The van der Waals surface area contributed by atoms with Gasteiger partial charge in [-0.3, -0.25) is 5.10 Å². The van der Waals surface area contributed by atoms with Crippen molar-refractivity contribution < 1.29 is 9.53 Å². The number of hydrogen-bond donors (Lipinski definition) is 2. The van der Waals surface area contributed by atoms with E-state index >= 15 is 0 Å². The second-order valence-corrected chi connectivity index (χ2v) is 5.37.